The Labute approximate surface area is 104 Å². The summed E-state index contributed by atoms with van der Waals surface area (Å²) in [5, 5.41) is 0. The lowest BCUT2D eigenvalue weighted by molar-refractivity contribution is 0.401. The van der Waals surface area contributed by atoms with Crippen LogP contribution in [0.1, 0.15) is 80.1 Å². The van der Waals surface area contributed by atoms with E-state index in [1.807, 2.05) is 0 Å². The van der Waals surface area contributed by atoms with Gasteiger partial charge in [-0.15, -0.1) is 0 Å². The van der Waals surface area contributed by atoms with Crippen molar-refractivity contribution in [2.75, 3.05) is 0 Å². The summed E-state index contributed by atoms with van der Waals surface area (Å²) in [5.41, 5.74) is 0. The maximum absolute atomic E-state index is 2.38. The van der Waals surface area contributed by atoms with Crippen molar-refractivity contribution in [3.63, 3.8) is 0 Å². The molecule has 97 valence electrons. The zero-order chi connectivity index (χ0) is 12.6. The van der Waals surface area contributed by atoms with Crippen LogP contribution in [0.4, 0.5) is 0 Å². The quantitative estimate of drug-likeness (QED) is 0.460. The van der Waals surface area contributed by atoms with Gasteiger partial charge in [-0.25, -0.2) is 0 Å². The first-order chi connectivity index (χ1) is 7.47. The third-order valence-corrected chi connectivity index (χ3v) is 3.63. The Hall–Kier alpha value is 0. The number of hydrogen-bond donors (Lipinski definition) is 0. The van der Waals surface area contributed by atoms with E-state index in [1.54, 1.807) is 5.92 Å². The van der Waals surface area contributed by atoms with Crippen LogP contribution in [0.3, 0.4) is 0 Å². The molecule has 0 aliphatic carbocycles. The molecule has 0 aromatic carbocycles. The maximum Gasteiger partial charge on any atom is -0.0241 e. The molecular formula is C16H33. The second kappa shape index (κ2) is 9.07. The highest BCUT2D eigenvalue weighted by Gasteiger charge is 2.16. The summed E-state index contributed by atoms with van der Waals surface area (Å²) in [6, 6.07) is 0. The molecule has 0 rings (SSSR count). The SMILES string of the molecule is CCC(CCC(C)C)[C](C)CCCC(C)C. The van der Waals surface area contributed by atoms with E-state index in [1.165, 1.54) is 38.5 Å². The zero-order valence-electron chi connectivity index (χ0n) is 12.5. The standard InChI is InChI=1S/C16H33/c1-7-16(12-11-14(4)5)15(6)10-8-9-13(2)3/h13-14,16H,7-12H2,1-6H3. The van der Waals surface area contributed by atoms with Gasteiger partial charge in [0.25, 0.3) is 0 Å². The third-order valence-electron chi connectivity index (χ3n) is 3.63. The van der Waals surface area contributed by atoms with Crippen molar-refractivity contribution in [2.24, 2.45) is 17.8 Å². The van der Waals surface area contributed by atoms with Crippen molar-refractivity contribution in [3.05, 3.63) is 5.92 Å². The van der Waals surface area contributed by atoms with Crippen LogP contribution in [0.15, 0.2) is 0 Å². The molecule has 16 heavy (non-hydrogen) atoms. The fourth-order valence-corrected chi connectivity index (χ4v) is 2.33. The highest BCUT2D eigenvalue weighted by molar-refractivity contribution is 4.91. The molecule has 1 atom stereocenters. The van der Waals surface area contributed by atoms with Crippen LogP contribution in [0.2, 0.25) is 0 Å². The summed E-state index contributed by atoms with van der Waals surface area (Å²) in [5.74, 6) is 4.36. The molecule has 0 saturated carbocycles. The minimum absolute atomic E-state index is 0.859. The van der Waals surface area contributed by atoms with E-state index in [2.05, 4.69) is 41.5 Å². The van der Waals surface area contributed by atoms with Gasteiger partial charge in [0.1, 0.15) is 0 Å². The monoisotopic (exact) mass is 225 g/mol. The molecule has 0 spiro atoms. The zero-order valence-corrected chi connectivity index (χ0v) is 12.5. The van der Waals surface area contributed by atoms with Gasteiger partial charge in [-0.1, -0.05) is 67.2 Å². The van der Waals surface area contributed by atoms with Crippen molar-refractivity contribution in [1.29, 1.82) is 0 Å². The summed E-state index contributed by atoms with van der Waals surface area (Å²) < 4.78 is 0. The Kier molecular flexibility index (Phi) is 9.07. The van der Waals surface area contributed by atoms with Crippen molar-refractivity contribution in [2.45, 2.75) is 80.1 Å². The molecule has 0 bridgehead atoms. The van der Waals surface area contributed by atoms with Crippen molar-refractivity contribution in [1.82, 2.24) is 0 Å². The molecule has 0 aliphatic heterocycles. The smallest absolute Gasteiger partial charge is 0.0241 e. The van der Waals surface area contributed by atoms with E-state index in [-0.39, 0.29) is 0 Å². The van der Waals surface area contributed by atoms with Gasteiger partial charge < -0.3 is 0 Å². The molecule has 0 nitrogen and oxygen atoms in total. The van der Waals surface area contributed by atoms with E-state index in [0.717, 1.165) is 17.8 Å². The van der Waals surface area contributed by atoms with Gasteiger partial charge in [0.05, 0.1) is 0 Å². The van der Waals surface area contributed by atoms with Gasteiger partial charge in [-0.3, -0.25) is 0 Å². The van der Waals surface area contributed by atoms with Gasteiger partial charge >= 0.3 is 0 Å². The first-order valence-electron chi connectivity index (χ1n) is 7.29. The lowest BCUT2D eigenvalue weighted by Gasteiger charge is -2.23. The van der Waals surface area contributed by atoms with Crippen LogP contribution in [0, 0.1) is 23.7 Å². The Bertz CT molecular complexity index is 146. The maximum atomic E-state index is 2.38. The summed E-state index contributed by atoms with van der Waals surface area (Å²) in [4.78, 5) is 0. The van der Waals surface area contributed by atoms with Crippen molar-refractivity contribution >= 4 is 0 Å². The normalized spacial score (nSPS) is 14.1. The largest absolute Gasteiger partial charge is 0.0651 e. The van der Waals surface area contributed by atoms with E-state index >= 15 is 0 Å². The second-order valence-corrected chi connectivity index (χ2v) is 6.21. The van der Waals surface area contributed by atoms with Gasteiger partial charge in [-0.2, -0.15) is 0 Å². The summed E-state index contributed by atoms with van der Waals surface area (Å²) in [7, 11) is 0. The van der Waals surface area contributed by atoms with Crippen LogP contribution in [0.5, 0.6) is 0 Å². The van der Waals surface area contributed by atoms with E-state index in [9.17, 15) is 0 Å². The predicted octanol–water partition coefficient (Wildman–Crippen LogP) is 5.87. The second-order valence-electron chi connectivity index (χ2n) is 6.21. The van der Waals surface area contributed by atoms with Crippen LogP contribution in [-0.2, 0) is 0 Å². The minimum Gasteiger partial charge on any atom is -0.0651 e. The average molecular weight is 225 g/mol. The topological polar surface area (TPSA) is 0 Å². The molecular weight excluding hydrogens is 192 g/mol. The Morgan fingerprint density at radius 3 is 1.88 bits per heavy atom. The Balaban J connectivity index is 3.77. The van der Waals surface area contributed by atoms with E-state index < -0.39 is 0 Å². The van der Waals surface area contributed by atoms with Gasteiger partial charge in [0, 0.05) is 0 Å². The fraction of sp³-hybridized carbons (Fsp3) is 0.938. The number of rotatable bonds is 9. The molecule has 0 fully saturated rings. The summed E-state index contributed by atoms with van der Waals surface area (Å²) >= 11 is 0. The predicted molar refractivity (Wildman–Crippen MR) is 75.5 cm³/mol. The molecule has 1 radical (unpaired) electrons. The third kappa shape index (κ3) is 8.19. The lowest BCUT2D eigenvalue weighted by atomic mass is 9.82. The summed E-state index contributed by atoms with van der Waals surface area (Å²) in [6.07, 6.45) is 8.26. The molecule has 1 unspecified atom stereocenters. The Morgan fingerprint density at radius 2 is 1.44 bits per heavy atom. The van der Waals surface area contributed by atoms with Crippen LogP contribution in [-0.4, -0.2) is 0 Å². The van der Waals surface area contributed by atoms with E-state index in [0.29, 0.717) is 0 Å². The molecule has 0 N–H and O–H groups in total. The number of hydrogen-bond acceptors (Lipinski definition) is 0. The molecule has 0 aromatic rings. The first kappa shape index (κ1) is 16.0. The molecule has 0 heteroatoms. The molecule has 0 amide bonds. The van der Waals surface area contributed by atoms with Crippen LogP contribution < -0.4 is 0 Å². The molecule has 0 saturated heterocycles. The highest BCUT2D eigenvalue weighted by Crippen LogP contribution is 2.29. The fourth-order valence-electron chi connectivity index (χ4n) is 2.33. The minimum atomic E-state index is 0.859. The van der Waals surface area contributed by atoms with E-state index in [4.69, 9.17) is 0 Å². The van der Waals surface area contributed by atoms with Crippen molar-refractivity contribution < 1.29 is 0 Å². The van der Waals surface area contributed by atoms with Crippen LogP contribution in [0.25, 0.3) is 0 Å². The molecule has 0 aromatic heterocycles. The summed E-state index contributed by atoms with van der Waals surface area (Å²) in [6.45, 7) is 14.0. The first-order valence-corrected chi connectivity index (χ1v) is 7.29. The highest BCUT2D eigenvalue weighted by atomic mass is 14.2. The molecule has 0 heterocycles. The van der Waals surface area contributed by atoms with Gasteiger partial charge in [0.15, 0.2) is 0 Å². The Morgan fingerprint density at radius 1 is 0.875 bits per heavy atom. The van der Waals surface area contributed by atoms with Gasteiger partial charge in [0.2, 0.25) is 0 Å². The van der Waals surface area contributed by atoms with Crippen LogP contribution >= 0.6 is 0 Å². The average Bonchev–Trinajstić information content (AvgIpc) is 2.17. The van der Waals surface area contributed by atoms with Gasteiger partial charge in [-0.05, 0) is 36.5 Å². The van der Waals surface area contributed by atoms with Crippen molar-refractivity contribution in [3.8, 4) is 0 Å². The lowest BCUT2D eigenvalue weighted by Crippen LogP contribution is -2.10. The molecule has 0 aliphatic rings.